The van der Waals surface area contributed by atoms with Crippen LogP contribution in [0, 0.1) is 5.92 Å². The van der Waals surface area contributed by atoms with Crippen molar-refractivity contribution in [3.05, 3.63) is 11.6 Å². The van der Waals surface area contributed by atoms with Crippen molar-refractivity contribution >= 4 is 0 Å². The minimum atomic E-state index is -0.0295. The molecule has 74 valence electrons. The van der Waals surface area contributed by atoms with Crippen LogP contribution in [0.3, 0.4) is 0 Å². The third kappa shape index (κ3) is 2.14. The quantitative estimate of drug-likeness (QED) is 0.615. The Morgan fingerprint density at radius 1 is 1.08 bits per heavy atom. The van der Waals surface area contributed by atoms with Crippen LogP contribution in [-0.2, 0) is 0 Å². The first-order chi connectivity index (χ1) is 6.38. The van der Waals surface area contributed by atoms with Gasteiger partial charge >= 0.3 is 0 Å². The van der Waals surface area contributed by atoms with E-state index >= 15 is 0 Å². The molecule has 0 radical (unpaired) electrons. The molecule has 1 N–H and O–H groups in total. The summed E-state index contributed by atoms with van der Waals surface area (Å²) in [7, 11) is 0. The van der Waals surface area contributed by atoms with Crippen LogP contribution in [0.25, 0.3) is 0 Å². The Labute approximate surface area is 80.8 Å². The molecule has 0 aromatic heterocycles. The Balaban J connectivity index is 2.00. The van der Waals surface area contributed by atoms with E-state index in [4.69, 9.17) is 0 Å². The molecule has 2 rings (SSSR count). The summed E-state index contributed by atoms with van der Waals surface area (Å²) in [6, 6.07) is 0. The molecular formula is C12H20O. The molecule has 1 nitrogen and oxygen atoms in total. The molecule has 0 spiro atoms. The van der Waals surface area contributed by atoms with E-state index in [9.17, 15) is 5.11 Å². The van der Waals surface area contributed by atoms with Crippen LogP contribution >= 0.6 is 0 Å². The van der Waals surface area contributed by atoms with Crippen molar-refractivity contribution in [3.63, 3.8) is 0 Å². The molecule has 1 fully saturated rings. The molecule has 0 unspecified atom stereocenters. The highest BCUT2D eigenvalue weighted by Gasteiger charge is 2.26. The number of hydrogen-bond donors (Lipinski definition) is 1. The molecule has 0 saturated heterocycles. The maximum atomic E-state index is 9.88. The maximum Gasteiger partial charge on any atom is 0.0605 e. The third-order valence-electron chi connectivity index (χ3n) is 3.53. The SMILES string of the molecule is O[C@H]1CCCC[C@H]1C1=CCCCC1. The van der Waals surface area contributed by atoms with Crippen molar-refractivity contribution in [2.75, 3.05) is 0 Å². The van der Waals surface area contributed by atoms with Crippen LogP contribution < -0.4 is 0 Å². The Morgan fingerprint density at radius 2 is 1.92 bits per heavy atom. The zero-order chi connectivity index (χ0) is 9.10. The van der Waals surface area contributed by atoms with Gasteiger partial charge in [-0.05, 0) is 38.5 Å². The van der Waals surface area contributed by atoms with Gasteiger partial charge in [-0.25, -0.2) is 0 Å². The highest BCUT2D eigenvalue weighted by Crippen LogP contribution is 2.34. The Hall–Kier alpha value is -0.300. The molecule has 2 aliphatic carbocycles. The van der Waals surface area contributed by atoms with E-state index in [0.717, 1.165) is 6.42 Å². The average Bonchev–Trinajstić information content (AvgIpc) is 2.20. The van der Waals surface area contributed by atoms with E-state index in [0.29, 0.717) is 5.92 Å². The predicted molar refractivity (Wildman–Crippen MR) is 54.5 cm³/mol. The molecule has 1 heteroatoms. The summed E-state index contributed by atoms with van der Waals surface area (Å²) in [6.45, 7) is 0. The van der Waals surface area contributed by atoms with Crippen LogP contribution in [0.5, 0.6) is 0 Å². The summed E-state index contributed by atoms with van der Waals surface area (Å²) in [4.78, 5) is 0. The third-order valence-corrected chi connectivity index (χ3v) is 3.53. The van der Waals surface area contributed by atoms with Crippen molar-refractivity contribution in [1.82, 2.24) is 0 Å². The van der Waals surface area contributed by atoms with E-state index < -0.39 is 0 Å². The smallest absolute Gasteiger partial charge is 0.0605 e. The second-order valence-electron chi connectivity index (χ2n) is 4.48. The van der Waals surface area contributed by atoms with Crippen LogP contribution in [0.4, 0.5) is 0 Å². The normalized spacial score (nSPS) is 35.6. The van der Waals surface area contributed by atoms with E-state index in [1.807, 2.05) is 0 Å². The van der Waals surface area contributed by atoms with Crippen LogP contribution in [-0.4, -0.2) is 11.2 Å². The Morgan fingerprint density at radius 3 is 2.62 bits per heavy atom. The zero-order valence-corrected chi connectivity index (χ0v) is 8.34. The van der Waals surface area contributed by atoms with Crippen LogP contribution in [0.2, 0.25) is 0 Å². The Kier molecular flexibility index (Phi) is 3.05. The van der Waals surface area contributed by atoms with Crippen LogP contribution in [0.1, 0.15) is 51.4 Å². The first-order valence-electron chi connectivity index (χ1n) is 5.75. The second-order valence-corrected chi connectivity index (χ2v) is 4.48. The fourth-order valence-electron chi connectivity index (χ4n) is 2.74. The van der Waals surface area contributed by atoms with Gasteiger partial charge in [-0.1, -0.05) is 24.5 Å². The fourth-order valence-corrected chi connectivity index (χ4v) is 2.74. The lowest BCUT2D eigenvalue weighted by molar-refractivity contribution is 0.0849. The first-order valence-corrected chi connectivity index (χ1v) is 5.75. The van der Waals surface area contributed by atoms with Crippen molar-refractivity contribution < 1.29 is 5.11 Å². The van der Waals surface area contributed by atoms with Gasteiger partial charge in [0.05, 0.1) is 6.10 Å². The molecule has 0 aromatic carbocycles. The van der Waals surface area contributed by atoms with E-state index in [2.05, 4.69) is 6.08 Å². The number of aliphatic hydroxyl groups is 1. The van der Waals surface area contributed by atoms with Gasteiger partial charge in [-0.2, -0.15) is 0 Å². The van der Waals surface area contributed by atoms with Gasteiger partial charge in [0.2, 0.25) is 0 Å². The lowest BCUT2D eigenvalue weighted by Gasteiger charge is -2.31. The Bertz CT molecular complexity index is 195. The maximum absolute atomic E-state index is 9.88. The van der Waals surface area contributed by atoms with Crippen molar-refractivity contribution in [3.8, 4) is 0 Å². The molecular weight excluding hydrogens is 160 g/mol. The molecule has 0 bridgehead atoms. The summed E-state index contributed by atoms with van der Waals surface area (Å²) < 4.78 is 0. The number of aliphatic hydroxyl groups excluding tert-OH is 1. The first kappa shape index (κ1) is 9.26. The number of rotatable bonds is 1. The topological polar surface area (TPSA) is 20.2 Å². The standard InChI is InChI=1S/C12H20O/c13-12-9-5-4-8-11(12)10-6-2-1-3-7-10/h6,11-13H,1-5,7-9H2/t11-,12-/m0/s1. The molecule has 2 aliphatic rings. The molecule has 2 atom stereocenters. The summed E-state index contributed by atoms with van der Waals surface area (Å²) in [6.07, 6.45) is 12.4. The predicted octanol–water partition coefficient (Wildman–Crippen LogP) is 3.04. The van der Waals surface area contributed by atoms with E-state index in [-0.39, 0.29) is 6.10 Å². The van der Waals surface area contributed by atoms with Gasteiger partial charge in [-0.15, -0.1) is 0 Å². The monoisotopic (exact) mass is 180 g/mol. The molecule has 0 amide bonds. The summed E-state index contributed by atoms with van der Waals surface area (Å²) in [5.74, 6) is 0.522. The molecule has 0 aliphatic heterocycles. The van der Waals surface area contributed by atoms with Crippen LogP contribution in [0.15, 0.2) is 11.6 Å². The summed E-state index contributed by atoms with van der Waals surface area (Å²) >= 11 is 0. The van der Waals surface area contributed by atoms with Crippen molar-refractivity contribution in [2.45, 2.75) is 57.5 Å². The van der Waals surface area contributed by atoms with Crippen molar-refractivity contribution in [2.24, 2.45) is 5.92 Å². The lowest BCUT2D eigenvalue weighted by atomic mass is 9.78. The van der Waals surface area contributed by atoms with Gasteiger partial charge < -0.3 is 5.11 Å². The minimum Gasteiger partial charge on any atom is -0.393 e. The molecule has 1 saturated carbocycles. The van der Waals surface area contributed by atoms with E-state index in [1.54, 1.807) is 5.57 Å². The highest BCUT2D eigenvalue weighted by molar-refractivity contribution is 5.11. The molecule has 0 aromatic rings. The lowest BCUT2D eigenvalue weighted by Crippen LogP contribution is -2.26. The van der Waals surface area contributed by atoms with Gasteiger partial charge in [-0.3, -0.25) is 0 Å². The average molecular weight is 180 g/mol. The van der Waals surface area contributed by atoms with E-state index in [1.165, 1.54) is 44.9 Å². The van der Waals surface area contributed by atoms with Crippen molar-refractivity contribution in [1.29, 1.82) is 0 Å². The van der Waals surface area contributed by atoms with Gasteiger partial charge in [0.25, 0.3) is 0 Å². The number of hydrogen-bond acceptors (Lipinski definition) is 1. The summed E-state index contributed by atoms with van der Waals surface area (Å²) in [5.41, 5.74) is 1.57. The highest BCUT2D eigenvalue weighted by atomic mass is 16.3. The molecule has 13 heavy (non-hydrogen) atoms. The largest absolute Gasteiger partial charge is 0.393 e. The fraction of sp³-hybridized carbons (Fsp3) is 0.833. The zero-order valence-electron chi connectivity index (χ0n) is 8.34. The van der Waals surface area contributed by atoms with Gasteiger partial charge in [0.1, 0.15) is 0 Å². The molecule has 0 heterocycles. The second kappa shape index (κ2) is 4.28. The summed E-state index contributed by atoms with van der Waals surface area (Å²) in [5, 5.41) is 9.88. The van der Waals surface area contributed by atoms with Gasteiger partial charge in [0, 0.05) is 5.92 Å². The van der Waals surface area contributed by atoms with Gasteiger partial charge in [0.15, 0.2) is 0 Å². The minimum absolute atomic E-state index is 0.0295. The number of allylic oxidation sites excluding steroid dienone is 1.